The molecule has 0 saturated carbocycles. The van der Waals surface area contributed by atoms with E-state index in [0.29, 0.717) is 0 Å². The van der Waals surface area contributed by atoms with Crippen molar-refractivity contribution in [2.75, 3.05) is 0 Å². The smallest absolute Gasteiger partial charge is 0.348 e. The van der Waals surface area contributed by atoms with Crippen molar-refractivity contribution in [3.8, 4) is 0 Å². The van der Waals surface area contributed by atoms with Crippen molar-refractivity contribution >= 4 is 11.4 Å². The van der Waals surface area contributed by atoms with Gasteiger partial charge in [0.15, 0.2) is 0 Å². The second kappa shape index (κ2) is 40.5. The maximum atomic E-state index is 9.66. The number of unbranched alkanes of at least 4 members (excludes halogenated alkanes) is 17. The van der Waals surface area contributed by atoms with Crippen LogP contribution in [0.1, 0.15) is 224 Å². The van der Waals surface area contributed by atoms with Gasteiger partial charge in [-0.15, -0.1) is 4.79 Å². The summed E-state index contributed by atoms with van der Waals surface area (Å²) in [4.78, 5) is 3.46. The van der Waals surface area contributed by atoms with Gasteiger partial charge in [-0.25, -0.2) is 0 Å². The van der Waals surface area contributed by atoms with Crippen molar-refractivity contribution in [2.45, 2.75) is 215 Å². The molecule has 0 atom stereocenters. The van der Waals surface area contributed by atoms with Crippen LogP contribution in [0.25, 0.3) is 11.1 Å². The zero-order chi connectivity index (χ0) is 39.2. The van der Waals surface area contributed by atoms with E-state index in [1.54, 1.807) is 0 Å². The topological polar surface area (TPSA) is 36.4 Å². The van der Waals surface area contributed by atoms with Crippen molar-refractivity contribution in [3.63, 3.8) is 0 Å². The molecule has 0 N–H and O–H groups in total. The van der Waals surface area contributed by atoms with E-state index in [-0.39, 0.29) is 16.5 Å². The summed E-state index contributed by atoms with van der Waals surface area (Å²) >= 11 is 0. The Bertz CT molecular complexity index is 1230. The summed E-state index contributed by atoms with van der Waals surface area (Å²) < 4.78 is 0. The van der Waals surface area contributed by atoms with Crippen LogP contribution < -0.4 is 0 Å². The third-order valence-electron chi connectivity index (χ3n) is 9.94. The number of hydrogen-bond acceptors (Lipinski definition) is 0. The minimum atomic E-state index is 0. The standard InChI is InChI=1S/C37H54N2.2C7H15.Ni/c1-5-9-13-17-21-32-23-19-26-34(29-32)37(33-25-18-22-31(28-33)20-14-10-6-2)36(27-16-12-8-4)35(30-39-38)24-15-11-7-3;2*1-3-5-7-6-4-2;/h18-19,22-23,25-26,28-29H,5-17,20-21,24,27H2,1-4H3;2*1,3-7H2,2H3;/q;2*-1;+2. The molecule has 0 aliphatic carbocycles. The van der Waals surface area contributed by atoms with Gasteiger partial charge in [0.1, 0.15) is 0 Å². The quantitative estimate of drug-likeness (QED) is 0.0157. The van der Waals surface area contributed by atoms with Crippen LogP contribution in [0.4, 0.5) is 0 Å². The van der Waals surface area contributed by atoms with Crippen LogP contribution in [0.15, 0.2) is 59.7 Å². The first kappa shape index (κ1) is 53.9. The van der Waals surface area contributed by atoms with E-state index in [2.05, 4.69) is 115 Å². The summed E-state index contributed by atoms with van der Waals surface area (Å²) in [6.07, 6.45) is 33.0. The van der Waals surface area contributed by atoms with Crippen LogP contribution in [0, 0.1) is 13.8 Å². The van der Waals surface area contributed by atoms with E-state index < -0.39 is 0 Å². The zero-order valence-electron chi connectivity index (χ0n) is 36.3. The molecule has 2 aromatic rings. The van der Waals surface area contributed by atoms with Gasteiger partial charge >= 0.3 is 22.4 Å². The maximum absolute atomic E-state index is 9.66. The molecule has 2 aromatic carbocycles. The predicted octanol–water partition coefficient (Wildman–Crippen LogP) is 16.9. The van der Waals surface area contributed by atoms with Crippen molar-refractivity contribution in [1.82, 2.24) is 0 Å². The number of nitrogens with zero attached hydrogens (tertiary/aromatic N) is 2. The summed E-state index contributed by atoms with van der Waals surface area (Å²) in [5.74, 6) is 3.05. The molecule has 0 unspecified atom stereocenters. The van der Waals surface area contributed by atoms with Crippen LogP contribution in [0.3, 0.4) is 0 Å². The first-order chi connectivity index (χ1) is 26.0. The number of allylic oxidation sites excluding steroid dienone is 2. The van der Waals surface area contributed by atoms with E-state index in [1.807, 2.05) is 0 Å². The van der Waals surface area contributed by atoms with E-state index in [4.69, 9.17) is 0 Å². The second-order valence-electron chi connectivity index (χ2n) is 15.0. The molecule has 0 amide bonds. The van der Waals surface area contributed by atoms with Gasteiger partial charge in [-0.1, -0.05) is 199 Å². The minimum absolute atomic E-state index is 0. The van der Waals surface area contributed by atoms with E-state index in [9.17, 15) is 5.53 Å². The van der Waals surface area contributed by atoms with Gasteiger partial charge < -0.3 is 19.4 Å². The molecule has 308 valence electrons. The normalized spacial score (nSPS) is 10.8. The summed E-state index contributed by atoms with van der Waals surface area (Å²) in [6, 6.07) is 18.4. The third kappa shape index (κ3) is 27.4. The van der Waals surface area contributed by atoms with Crippen LogP contribution in [0.2, 0.25) is 0 Å². The molecule has 2 nitrogen and oxygen atoms in total. The second-order valence-corrected chi connectivity index (χ2v) is 15.0. The minimum Gasteiger partial charge on any atom is -0.348 e. The van der Waals surface area contributed by atoms with Gasteiger partial charge in [0.2, 0.25) is 0 Å². The van der Waals surface area contributed by atoms with Gasteiger partial charge in [0, 0.05) is 0 Å². The molecule has 2 rings (SSSR count). The molecule has 0 heterocycles. The van der Waals surface area contributed by atoms with Crippen molar-refractivity contribution in [3.05, 3.63) is 101 Å². The van der Waals surface area contributed by atoms with Gasteiger partial charge in [0.25, 0.3) is 0 Å². The fourth-order valence-electron chi connectivity index (χ4n) is 6.69. The maximum Gasteiger partial charge on any atom is 2.00 e. The van der Waals surface area contributed by atoms with Crippen molar-refractivity contribution in [1.29, 1.82) is 0 Å². The summed E-state index contributed by atoms with van der Waals surface area (Å²) in [5.41, 5.74) is 18.7. The summed E-state index contributed by atoms with van der Waals surface area (Å²) in [7, 11) is 0. The molecule has 0 aliphatic heterocycles. The molecule has 0 saturated heterocycles. The SMILES string of the molecule is CCCCCCc1cccc(C(=C(CCCCC)C(=C=[N+]=[N-])CCCCC)c2cccc(CCCCC)c2)c1.[CH2-]CCCCCC.[CH2-]CCCCCC.[Ni+2]. The monoisotopic (exact) mass is 783 g/mol. The third-order valence-corrected chi connectivity index (χ3v) is 9.94. The molecule has 54 heavy (non-hydrogen) atoms. The van der Waals surface area contributed by atoms with E-state index in [0.717, 1.165) is 56.9 Å². The average Bonchev–Trinajstić information content (AvgIpc) is 3.17. The fraction of sp³-hybridized carbons (Fsp3) is 0.647. The number of aryl methyl sites for hydroxylation is 2. The number of hydrogen-bond donors (Lipinski definition) is 0. The Labute approximate surface area is 347 Å². The molecule has 0 bridgehead atoms. The number of benzene rings is 2. The zero-order valence-corrected chi connectivity index (χ0v) is 37.3. The van der Waals surface area contributed by atoms with Gasteiger partial charge in [-0.3, -0.25) is 0 Å². The average molecular weight is 784 g/mol. The Hall–Kier alpha value is -2.17. The first-order valence-electron chi connectivity index (χ1n) is 22.5. The molecular formula is C51H84N2Ni. The van der Waals surface area contributed by atoms with Crippen LogP contribution in [-0.4, -0.2) is 10.7 Å². The molecule has 0 radical (unpaired) electrons. The fourth-order valence-corrected chi connectivity index (χ4v) is 6.69. The largest absolute Gasteiger partial charge is 2.00 e. The molecule has 3 heteroatoms. The van der Waals surface area contributed by atoms with Gasteiger partial charge in [-0.2, -0.15) is 12.8 Å². The summed E-state index contributed by atoms with van der Waals surface area (Å²) in [5, 5.41) is 0. The summed E-state index contributed by atoms with van der Waals surface area (Å²) in [6.45, 7) is 21.0. The van der Waals surface area contributed by atoms with Gasteiger partial charge in [0.05, 0.1) is 5.57 Å². The van der Waals surface area contributed by atoms with Crippen molar-refractivity contribution < 1.29 is 21.3 Å². The Morgan fingerprint density at radius 1 is 0.519 bits per heavy atom. The van der Waals surface area contributed by atoms with Crippen LogP contribution in [0.5, 0.6) is 0 Å². The van der Waals surface area contributed by atoms with Crippen LogP contribution >= 0.6 is 0 Å². The Kier molecular flexibility index (Phi) is 40.4. The van der Waals surface area contributed by atoms with E-state index >= 15 is 0 Å². The molecule has 0 fully saturated rings. The molecule has 0 aromatic heterocycles. The van der Waals surface area contributed by atoms with Crippen LogP contribution in [-0.2, 0) is 29.3 Å². The molecule has 0 spiro atoms. The molecule has 0 aliphatic rings. The Morgan fingerprint density at radius 2 is 0.907 bits per heavy atom. The number of rotatable bonds is 28. The first-order valence-corrected chi connectivity index (χ1v) is 22.5. The van der Waals surface area contributed by atoms with Gasteiger partial charge in [-0.05, 0) is 84.8 Å². The van der Waals surface area contributed by atoms with E-state index in [1.165, 1.54) is 155 Å². The Morgan fingerprint density at radius 3 is 1.33 bits per heavy atom. The molecular weight excluding hydrogens is 699 g/mol. The predicted molar refractivity (Wildman–Crippen MR) is 239 cm³/mol. The Balaban J connectivity index is 0. The van der Waals surface area contributed by atoms with Crippen molar-refractivity contribution in [2.24, 2.45) is 0 Å².